The lowest BCUT2D eigenvalue weighted by molar-refractivity contribution is -0.275. The minimum atomic E-state index is -4.85. The minimum Gasteiger partial charge on any atom is -0.403 e. The largest absolute Gasteiger partial charge is 0.573 e. The normalized spacial score (nSPS) is 11.4. The number of benzene rings is 1. The summed E-state index contributed by atoms with van der Waals surface area (Å²) in [6.07, 6.45) is -4.85. The van der Waals surface area contributed by atoms with Crippen molar-refractivity contribution >= 4 is 13.3 Å². The monoisotopic (exact) mass is 192 g/mol. The molecule has 0 saturated carbocycles. The Morgan fingerprint density at radius 1 is 1.23 bits per heavy atom. The van der Waals surface area contributed by atoms with Crippen LogP contribution < -0.4 is 10.2 Å². The third-order valence-electron chi connectivity index (χ3n) is 1.31. The highest BCUT2D eigenvalue weighted by molar-refractivity contribution is 6.32. The van der Waals surface area contributed by atoms with Crippen molar-refractivity contribution in [2.75, 3.05) is 0 Å². The lowest BCUT2D eigenvalue weighted by Gasteiger charge is -2.09. The van der Waals surface area contributed by atoms with Crippen LogP contribution in [0.3, 0.4) is 0 Å². The van der Waals surface area contributed by atoms with Crippen LogP contribution >= 0.6 is 0 Å². The average Bonchev–Trinajstić information content (AvgIpc) is 1.93. The molecule has 0 heterocycles. The molecular weight excluding hydrogens is 187 g/mol. The van der Waals surface area contributed by atoms with E-state index in [1.54, 1.807) is 7.85 Å². The number of alkyl halides is 3. The first-order chi connectivity index (χ1) is 5.88. The molecule has 0 aliphatic rings. The van der Waals surface area contributed by atoms with Crippen molar-refractivity contribution in [3.05, 3.63) is 24.0 Å². The molecule has 0 atom stereocenters. The van der Waals surface area contributed by atoms with Crippen LogP contribution in [0.15, 0.2) is 18.2 Å². The van der Waals surface area contributed by atoms with Crippen molar-refractivity contribution in [1.82, 2.24) is 0 Å². The summed E-state index contributed by atoms with van der Waals surface area (Å²) >= 11 is 0. The van der Waals surface area contributed by atoms with E-state index in [9.17, 15) is 17.6 Å². The zero-order valence-electron chi connectivity index (χ0n) is 6.65. The van der Waals surface area contributed by atoms with Crippen LogP contribution in [0.2, 0.25) is 0 Å². The maximum absolute atomic E-state index is 12.8. The maximum atomic E-state index is 12.8. The highest BCUT2D eigenvalue weighted by atomic mass is 19.4. The van der Waals surface area contributed by atoms with Gasteiger partial charge in [0.15, 0.2) is 11.6 Å². The Morgan fingerprint density at radius 3 is 2.31 bits per heavy atom. The van der Waals surface area contributed by atoms with Crippen LogP contribution in [-0.2, 0) is 0 Å². The van der Waals surface area contributed by atoms with E-state index in [2.05, 4.69) is 4.74 Å². The molecule has 1 aromatic rings. The molecule has 0 radical (unpaired) electrons. The van der Waals surface area contributed by atoms with Gasteiger partial charge in [0.2, 0.25) is 0 Å². The summed E-state index contributed by atoms with van der Waals surface area (Å²) in [5.74, 6) is -1.82. The quantitative estimate of drug-likeness (QED) is 0.476. The van der Waals surface area contributed by atoms with E-state index in [-0.39, 0.29) is 0 Å². The molecule has 0 amide bonds. The molecule has 0 spiro atoms. The third kappa shape index (κ3) is 2.97. The number of rotatable bonds is 1. The first-order valence-electron chi connectivity index (χ1n) is 3.40. The Hall–Kier alpha value is -1.20. The summed E-state index contributed by atoms with van der Waals surface area (Å²) in [5, 5.41) is 0. The van der Waals surface area contributed by atoms with E-state index in [4.69, 9.17) is 0 Å². The van der Waals surface area contributed by atoms with Gasteiger partial charge in [-0.3, -0.25) is 0 Å². The van der Waals surface area contributed by atoms with Gasteiger partial charge in [0.1, 0.15) is 7.85 Å². The molecule has 0 N–H and O–H groups in total. The Labute approximate surface area is 72.7 Å². The predicted octanol–water partition coefficient (Wildman–Crippen LogP) is 0.983. The summed E-state index contributed by atoms with van der Waals surface area (Å²) < 4.78 is 51.1. The summed E-state index contributed by atoms with van der Waals surface area (Å²) in [4.78, 5) is 0. The molecule has 1 rings (SSSR count). The van der Waals surface area contributed by atoms with Crippen molar-refractivity contribution in [1.29, 1.82) is 0 Å². The van der Waals surface area contributed by atoms with E-state index >= 15 is 0 Å². The first kappa shape index (κ1) is 9.89. The molecule has 70 valence electrons. The van der Waals surface area contributed by atoms with Crippen LogP contribution in [0.5, 0.6) is 5.75 Å². The van der Waals surface area contributed by atoms with Gasteiger partial charge in [-0.2, -0.15) is 0 Å². The molecular formula is C7H5BF4O. The van der Waals surface area contributed by atoms with Gasteiger partial charge < -0.3 is 4.74 Å². The van der Waals surface area contributed by atoms with Gasteiger partial charge in [0.25, 0.3) is 0 Å². The van der Waals surface area contributed by atoms with Gasteiger partial charge in [-0.05, 0) is 12.1 Å². The van der Waals surface area contributed by atoms with Crippen molar-refractivity contribution in [3.63, 3.8) is 0 Å². The zero-order chi connectivity index (χ0) is 10.1. The van der Waals surface area contributed by atoms with Gasteiger partial charge in [-0.15, -0.1) is 13.2 Å². The minimum absolute atomic E-state index is 0.534. The summed E-state index contributed by atoms with van der Waals surface area (Å²) in [7, 11) is 1.57. The van der Waals surface area contributed by atoms with Gasteiger partial charge in [0.05, 0.1) is 0 Å². The van der Waals surface area contributed by atoms with E-state index in [1.807, 2.05) is 0 Å². The number of hydrogen-bond donors (Lipinski definition) is 0. The van der Waals surface area contributed by atoms with Gasteiger partial charge in [-0.25, -0.2) is 4.39 Å². The summed E-state index contributed by atoms with van der Waals surface area (Å²) in [5.41, 5.74) is 0.534. The smallest absolute Gasteiger partial charge is 0.403 e. The second-order valence-electron chi connectivity index (χ2n) is 2.48. The van der Waals surface area contributed by atoms with E-state index < -0.39 is 17.9 Å². The fourth-order valence-corrected chi connectivity index (χ4v) is 0.813. The van der Waals surface area contributed by atoms with Crippen LogP contribution in [0.1, 0.15) is 0 Å². The molecule has 6 heteroatoms. The topological polar surface area (TPSA) is 9.23 Å². The van der Waals surface area contributed by atoms with Crippen molar-refractivity contribution in [2.45, 2.75) is 6.36 Å². The third-order valence-corrected chi connectivity index (χ3v) is 1.31. The molecule has 0 aliphatic heterocycles. The van der Waals surface area contributed by atoms with Crippen LogP contribution in [-0.4, -0.2) is 14.2 Å². The Morgan fingerprint density at radius 2 is 1.85 bits per heavy atom. The predicted molar refractivity (Wildman–Crippen MR) is 41.3 cm³/mol. The molecule has 0 aliphatic carbocycles. The molecule has 1 aromatic carbocycles. The molecule has 1 nitrogen and oxygen atoms in total. The maximum Gasteiger partial charge on any atom is 0.573 e. The lowest BCUT2D eigenvalue weighted by Crippen LogP contribution is -2.18. The SMILES string of the molecule is Bc1ccc(OC(F)(F)F)c(F)c1. The zero-order valence-corrected chi connectivity index (χ0v) is 6.65. The highest BCUT2D eigenvalue weighted by Crippen LogP contribution is 2.24. The van der Waals surface area contributed by atoms with E-state index in [1.165, 1.54) is 6.07 Å². The molecule has 13 heavy (non-hydrogen) atoms. The van der Waals surface area contributed by atoms with Gasteiger partial charge in [0, 0.05) is 0 Å². The van der Waals surface area contributed by atoms with Crippen molar-refractivity contribution < 1.29 is 22.3 Å². The van der Waals surface area contributed by atoms with Crippen LogP contribution in [0, 0.1) is 5.82 Å². The molecule has 0 unspecified atom stereocenters. The molecule has 0 fully saturated rings. The highest BCUT2D eigenvalue weighted by Gasteiger charge is 2.32. The fourth-order valence-electron chi connectivity index (χ4n) is 0.813. The molecule has 0 aromatic heterocycles. The number of hydrogen-bond acceptors (Lipinski definition) is 1. The Balaban J connectivity index is 2.90. The van der Waals surface area contributed by atoms with Crippen LogP contribution in [0.4, 0.5) is 17.6 Å². The Bertz CT molecular complexity index is 310. The van der Waals surface area contributed by atoms with Crippen molar-refractivity contribution in [3.8, 4) is 5.75 Å². The second kappa shape index (κ2) is 3.28. The van der Waals surface area contributed by atoms with Gasteiger partial charge >= 0.3 is 6.36 Å². The lowest BCUT2D eigenvalue weighted by atomic mass is 9.96. The van der Waals surface area contributed by atoms with Crippen molar-refractivity contribution in [2.24, 2.45) is 0 Å². The van der Waals surface area contributed by atoms with E-state index in [0.29, 0.717) is 5.46 Å². The molecule has 0 bridgehead atoms. The summed E-state index contributed by atoms with van der Waals surface area (Å²) in [6, 6.07) is 3.25. The molecule has 0 saturated heterocycles. The number of ether oxygens (including phenoxy) is 1. The second-order valence-corrected chi connectivity index (χ2v) is 2.48. The average molecular weight is 192 g/mol. The van der Waals surface area contributed by atoms with E-state index in [0.717, 1.165) is 12.1 Å². The summed E-state index contributed by atoms with van der Waals surface area (Å²) in [6.45, 7) is 0. The van der Waals surface area contributed by atoms with Crippen LogP contribution in [0.25, 0.3) is 0 Å². The standard InChI is InChI=1S/C7H5BF4O/c8-4-1-2-6(5(9)3-4)13-7(10,11)12/h1-3H,8H2. The fraction of sp³-hybridized carbons (Fsp3) is 0.143. The van der Waals surface area contributed by atoms with Gasteiger partial charge in [-0.1, -0.05) is 11.5 Å². The Kier molecular flexibility index (Phi) is 2.49. The first-order valence-corrected chi connectivity index (χ1v) is 3.40. The number of halogens is 4.